The molecule has 0 saturated carbocycles. The summed E-state index contributed by atoms with van der Waals surface area (Å²) < 4.78 is 18.8. The number of benzene rings is 1. The summed E-state index contributed by atoms with van der Waals surface area (Å²) >= 11 is 0. The molecular formula is C15H24FNO. The molecule has 0 aliphatic carbocycles. The van der Waals surface area contributed by atoms with E-state index >= 15 is 0 Å². The third kappa shape index (κ3) is 5.61. The van der Waals surface area contributed by atoms with E-state index in [-0.39, 0.29) is 11.2 Å². The molecule has 1 rings (SSSR count). The third-order valence-corrected chi connectivity index (χ3v) is 3.16. The van der Waals surface area contributed by atoms with E-state index in [4.69, 9.17) is 10.5 Å². The Morgan fingerprint density at radius 1 is 1.22 bits per heavy atom. The van der Waals surface area contributed by atoms with Crippen LogP contribution in [0, 0.1) is 11.2 Å². The molecule has 0 atom stereocenters. The average Bonchev–Trinajstić information content (AvgIpc) is 2.35. The van der Waals surface area contributed by atoms with Gasteiger partial charge in [-0.1, -0.05) is 38.5 Å². The van der Waals surface area contributed by atoms with E-state index in [1.165, 1.54) is 6.07 Å². The summed E-state index contributed by atoms with van der Waals surface area (Å²) in [6.45, 7) is 6.09. The second-order valence-corrected chi connectivity index (χ2v) is 5.47. The molecule has 3 heteroatoms. The van der Waals surface area contributed by atoms with Crippen LogP contribution in [0.15, 0.2) is 24.3 Å². The zero-order valence-corrected chi connectivity index (χ0v) is 11.4. The molecule has 0 spiro atoms. The van der Waals surface area contributed by atoms with Crippen molar-refractivity contribution in [2.45, 2.75) is 39.7 Å². The Labute approximate surface area is 109 Å². The standard InChI is InChI=1S/C15H24FNO/c1-15(2,12-17)9-5-6-10-18-11-13-7-3-4-8-14(13)16/h3-4,7-8H,5-6,9-12,17H2,1-2H3. The summed E-state index contributed by atoms with van der Waals surface area (Å²) in [7, 11) is 0. The topological polar surface area (TPSA) is 35.2 Å². The van der Waals surface area contributed by atoms with Crippen molar-refractivity contribution in [2.75, 3.05) is 13.2 Å². The van der Waals surface area contributed by atoms with Crippen LogP contribution in [0.4, 0.5) is 4.39 Å². The lowest BCUT2D eigenvalue weighted by Gasteiger charge is -2.21. The molecule has 0 aliphatic rings. The second kappa shape index (κ2) is 7.49. The van der Waals surface area contributed by atoms with Gasteiger partial charge in [0.25, 0.3) is 0 Å². The van der Waals surface area contributed by atoms with Crippen molar-refractivity contribution in [1.82, 2.24) is 0 Å². The normalized spacial score (nSPS) is 11.8. The molecule has 2 nitrogen and oxygen atoms in total. The lowest BCUT2D eigenvalue weighted by molar-refractivity contribution is 0.112. The van der Waals surface area contributed by atoms with Crippen molar-refractivity contribution in [3.8, 4) is 0 Å². The summed E-state index contributed by atoms with van der Waals surface area (Å²) in [6, 6.07) is 6.73. The van der Waals surface area contributed by atoms with Gasteiger partial charge in [-0.3, -0.25) is 0 Å². The minimum atomic E-state index is -0.193. The highest BCUT2D eigenvalue weighted by Crippen LogP contribution is 2.21. The highest BCUT2D eigenvalue weighted by Gasteiger charge is 2.14. The van der Waals surface area contributed by atoms with Crippen molar-refractivity contribution in [1.29, 1.82) is 0 Å². The van der Waals surface area contributed by atoms with Gasteiger partial charge in [-0.2, -0.15) is 0 Å². The molecule has 1 aromatic rings. The number of hydrogen-bond donors (Lipinski definition) is 1. The van der Waals surface area contributed by atoms with Crippen molar-refractivity contribution in [3.63, 3.8) is 0 Å². The van der Waals surface area contributed by atoms with Crippen LogP contribution in [-0.2, 0) is 11.3 Å². The lowest BCUT2D eigenvalue weighted by atomic mass is 9.87. The fourth-order valence-electron chi connectivity index (χ4n) is 1.71. The van der Waals surface area contributed by atoms with Gasteiger partial charge in [-0.25, -0.2) is 4.39 Å². The lowest BCUT2D eigenvalue weighted by Crippen LogP contribution is -2.23. The number of unbranched alkanes of at least 4 members (excludes halogenated alkanes) is 1. The summed E-state index contributed by atoms with van der Waals surface area (Å²) in [5, 5.41) is 0. The number of halogens is 1. The minimum absolute atomic E-state index is 0.193. The van der Waals surface area contributed by atoms with Gasteiger partial charge in [0.15, 0.2) is 0 Å². The molecule has 0 bridgehead atoms. The summed E-state index contributed by atoms with van der Waals surface area (Å²) in [5.41, 5.74) is 6.51. The van der Waals surface area contributed by atoms with Crippen molar-refractivity contribution in [3.05, 3.63) is 35.6 Å². The molecule has 2 N–H and O–H groups in total. The Kier molecular flexibility index (Phi) is 6.30. The molecule has 0 aromatic heterocycles. The highest BCUT2D eigenvalue weighted by atomic mass is 19.1. The Morgan fingerprint density at radius 3 is 2.61 bits per heavy atom. The maximum absolute atomic E-state index is 13.3. The zero-order valence-electron chi connectivity index (χ0n) is 11.4. The number of nitrogens with two attached hydrogens (primary N) is 1. The summed E-state index contributed by atoms with van der Waals surface area (Å²) in [5.74, 6) is -0.193. The van der Waals surface area contributed by atoms with Gasteiger partial charge >= 0.3 is 0 Å². The van der Waals surface area contributed by atoms with E-state index in [0.717, 1.165) is 19.3 Å². The maximum Gasteiger partial charge on any atom is 0.128 e. The van der Waals surface area contributed by atoms with Gasteiger partial charge < -0.3 is 10.5 Å². The maximum atomic E-state index is 13.3. The summed E-state index contributed by atoms with van der Waals surface area (Å²) in [6.07, 6.45) is 3.20. The van der Waals surface area contributed by atoms with Crippen molar-refractivity contribution >= 4 is 0 Å². The van der Waals surface area contributed by atoms with E-state index in [2.05, 4.69) is 13.8 Å². The van der Waals surface area contributed by atoms with E-state index in [9.17, 15) is 4.39 Å². The number of rotatable bonds is 8. The van der Waals surface area contributed by atoms with Gasteiger partial charge in [-0.15, -0.1) is 0 Å². The fourth-order valence-corrected chi connectivity index (χ4v) is 1.71. The average molecular weight is 253 g/mol. The Bertz CT molecular complexity index is 352. The van der Waals surface area contributed by atoms with Crippen LogP contribution < -0.4 is 5.73 Å². The molecule has 1 aromatic carbocycles. The Morgan fingerprint density at radius 2 is 1.94 bits per heavy atom. The van der Waals surface area contributed by atoms with Crippen molar-refractivity contribution < 1.29 is 9.13 Å². The Hall–Kier alpha value is -0.930. The van der Waals surface area contributed by atoms with Crippen LogP contribution in [0.2, 0.25) is 0 Å². The van der Waals surface area contributed by atoms with Gasteiger partial charge in [0.2, 0.25) is 0 Å². The molecule has 0 saturated heterocycles. The molecule has 0 amide bonds. The van der Waals surface area contributed by atoms with E-state index in [0.29, 0.717) is 25.3 Å². The van der Waals surface area contributed by atoms with Gasteiger partial charge in [0.1, 0.15) is 5.82 Å². The van der Waals surface area contributed by atoms with Crippen LogP contribution in [0.1, 0.15) is 38.7 Å². The van der Waals surface area contributed by atoms with E-state index in [1.807, 2.05) is 6.07 Å². The number of ether oxygens (including phenoxy) is 1. The second-order valence-electron chi connectivity index (χ2n) is 5.47. The minimum Gasteiger partial charge on any atom is -0.377 e. The van der Waals surface area contributed by atoms with Crippen LogP contribution in [-0.4, -0.2) is 13.2 Å². The molecular weight excluding hydrogens is 229 g/mol. The number of hydrogen-bond acceptors (Lipinski definition) is 2. The quantitative estimate of drug-likeness (QED) is 0.720. The first-order chi connectivity index (χ1) is 8.55. The first-order valence-electron chi connectivity index (χ1n) is 6.56. The molecule has 102 valence electrons. The third-order valence-electron chi connectivity index (χ3n) is 3.16. The first-order valence-corrected chi connectivity index (χ1v) is 6.56. The largest absolute Gasteiger partial charge is 0.377 e. The monoisotopic (exact) mass is 253 g/mol. The molecule has 18 heavy (non-hydrogen) atoms. The van der Waals surface area contributed by atoms with Gasteiger partial charge in [-0.05, 0) is 30.9 Å². The molecule has 0 aliphatic heterocycles. The predicted octanol–water partition coefficient (Wildman–Crippen LogP) is 3.50. The van der Waals surface area contributed by atoms with E-state index in [1.54, 1.807) is 12.1 Å². The smallest absolute Gasteiger partial charge is 0.128 e. The zero-order chi connectivity index (χ0) is 13.4. The van der Waals surface area contributed by atoms with Gasteiger partial charge in [0, 0.05) is 12.2 Å². The van der Waals surface area contributed by atoms with E-state index < -0.39 is 0 Å². The molecule has 0 unspecified atom stereocenters. The first kappa shape index (κ1) is 15.1. The van der Waals surface area contributed by atoms with Crippen LogP contribution in [0.3, 0.4) is 0 Å². The highest BCUT2D eigenvalue weighted by molar-refractivity contribution is 5.16. The SMILES string of the molecule is CC(C)(CN)CCCCOCc1ccccc1F. The molecule has 0 heterocycles. The fraction of sp³-hybridized carbons (Fsp3) is 0.600. The summed E-state index contributed by atoms with van der Waals surface area (Å²) in [4.78, 5) is 0. The molecule has 0 radical (unpaired) electrons. The van der Waals surface area contributed by atoms with Crippen LogP contribution >= 0.6 is 0 Å². The van der Waals surface area contributed by atoms with Crippen molar-refractivity contribution in [2.24, 2.45) is 11.1 Å². The Balaban J connectivity index is 2.11. The van der Waals surface area contributed by atoms with Crippen LogP contribution in [0.5, 0.6) is 0 Å². The van der Waals surface area contributed by atoms with Gasteiger partial charge in [0.05, 0.1) is 6.61 Å². The van der Waals surface area contributed by atoms with Crippen LogP contribution in [0.25, 0.3) is 0 Å². The molecule has 0 fully saturated rings. The predicted molar refractivity (Wildman–Crippen MR) is 72.7 cm³/mol.